The first kappa shape index (κ1) is 14.7. The van der Waals surface area contributed by atoms with Gasteiger partial charge in [0, 0.05) is 25.8 Å². The van der Waals surface area contributed by atoms with Gasteiger partial charge in [0.1, 0.15) is 5.15 Å². The number of hydrogen-bond acceptors (Lipinski definition) is 5. The van der Waals surface area contributed by atoms with Crippen LogP contribution in [-0.2, 0) is 4.74 Å². The summed E-state index contributed by atoms with van der Waals surface area (Å²) in [4.78, 5) is 16.3. The number of halogens is 1. The highest BCUT2D eigenvalue weighted by Gasteiger charge is 2.20. The van der Waals surface area contributed by atoms with E-state index in [2.05, 4.69) is 4.98 Å². The summed E-state index contributed by atoms with van der Waals surface area (Å²) in [7, 11) is 0. The van der Waals surface area contributed by atoms with Crippen LogP contribution in [0.5, 0.6) is 0 Å². The molecule has 0 aliphatic carbocycles. The van der Waals surface area contributed by atoms with Crippen LogP contribution < -0.4 is 4.90 Å². The van der Waals surface area contributed by atoms with Gasteiger partial charge in [-0.05, 0) is 19.9 Å². The third kappa shape index (κ3) is 3.82. The topological polar surface area (TPSA) is 68.5 Å². The molecule has 0 aromatic carbocycles. The number of rotatable bonds is 7. The van der Waals surface area contributed by atoms with Crippen molar-refractivity contribution in [3.05, 3.63) is 27.4 Å². The summed E-state index contributed by atoms with van der Waals surface area (Å²) >= 11 is 5.79. The molecule has 0 aliphatic rings. The smallest absolute Gasteiger partial charge is 0.311 e. The van der Waals surface area contributed by atoms with Gasteiger partial charge in [0.2, 0.25) is 5.82 Å². The van der Waals surface area contributed by atoms with E-state index in [0.717, 1.165) is 0 Å². The highest BCUT2D eigenvalue weighted by Crippen LogP contribution is 2.27. The Hall–Kier alpha value is -1.40. The Labute approximate surface area is 111 Å². The van der Waals surface area contributed by atoms with Gasteiger partial charge >= 0.3 is 5.69 Å². The molecule has 1 aromatic rings. The molecule has 0 atom stereocenters. The van der Waals surface area contributed by atoms with Crippen molar-refractivity contribution in [2.45, 2.75) is 13.8 Å². The van der Waals surface area contributed by atoms with E-state index in [4.69, 9.17) is 16.3 Å². The van der Waals surface area contributed by atoms with E-state index in [9.17, 15) is 10.1 Å². The Kier molecular flexibility index (Phi) is 5.80. The molecule has 0 fully saturated rings. The fourth-order valence-corrected chi connectivity index (χ4v) is 1.67. The number of ether oxygens (including phenoxy) is 1. The van der Waals surface area contributed by atoms with Crippen LogP contribution in [0.2, 0.25) is 5.15 Å². The van der Waals surface area contributed by atoms with Crippen LogP contribution in [0.1, 0.15) is 13.8 Å². The van der Waals surface area contributed by atoms with E-state index in [0.29, 0.717) is 26.3 Å². The zero-order valence-electron chi connectivity index (χ0n) is 10.4. The van der Waals surface area contributed by atoms with Crippen molar-refractivity contribution in [3.63, 3.8) is 0 Å². The van der Waals surface area contributed by atoms with Crippen LogP contribution >= 0.6 is 11.6 Å². The van der Waals surface area contributed by atoms with Crippen LogP contribution in [0, 0.1) is 10.1 Å². The summed E-state index contributed by atoms with van der Waals surface area (Å²) in [6.07, 6.45) is 0. The minimum absolute atomic E-state index is 0.0438. The van der Waals surface area contributed by atoms with Gasteiger partial charge in [-0.15, -0.1) is 0 Å². The summed E-state index contributed by atoms with van der Waals surface area (Å²) in [5.74, 6) is 0.287. The van der Waals surface area contributed by atoms with Crippen LogP contribution in [0.15, 0.2) is 12.1 Å². The second-order valence-corrected chi connectivity index (χ2v) is 3.90. The normalized spacial score (nSPS) is 10.4. The molecule has 0 spiro atoms. The molecule has 1 rings (SSSR count). The lowest BCUT2D eigenvalue weighted by molar-refractivity contribution is -0.384. The number of hydrogen-bond donors (Lipinski definition) is 0. The lowest BCUT2D eigenvalue weighted by atomic mass is 10.3. The Morgan fingerprint density at radius 1 is 1.50 bits per heavy atom. The highest BCUT2D eigenvalue weighted by atomic mass is 35.5. The molecule has 6 nitrogen and oxygen atoms in total. The second kappa shape index (κ2) is 7.13. The van der Waals surface area contributed by atoms with E-state index in [1.54, 1.807) is 4.90 Å². The van der Waals surface area contributed by atoms with Gasteiger partial charge in [0.25, 0.3) is 0 Å². The SMILES string of the molecule is CCOCCN(CC)c1nc(Cl)ccc1[N+](=O)[O-]. The van der Waals surface area contributed by atoms with E-state index >= 15 is 0 Å². The fourth-order valence-electron chi connectivity index (χ4n) is 1.53. The quantitative estimate of drug-likeness (QED) is 0.330. The maximum absolute atomic E-state index is 10.9. The lowest BCUT2D eigenvalue weighted by Gasteiger charge is -2.21. The standard InChI is InChI=1S/C11H16ClN3O3/c1-3-14(7-8-18-4-2)11-9(15(16)17)5-6-10(12)13-11/h5-6H,3-4,7-8H2,1-2H3. The monoisotopic (exact) mass is 273 g/mol. The summed E-state index contributed by atoms with van der Waals surface area (Å²) in [6, 6.07) is 2.79. The predicted octanol–water partition coefficient (Wildman–Crippen LogP) is 2.51. The molecule has 100 valence electrons. The Morgan fingerprint density at radius 2 is 2.22 bits per heavy atom. The highest BCUT2D eigenvalue weighted by molar-refractivity contribution is 6.29. The van der Waals surface area contributed by atoms with Crippen molar-refractivity contribution >= 4 is 23.1 Å². The molecular formula is C11H16ClN3O3. The van der Waals surface area contributed by atoms with Crippen molar-refractivity contribution in [3.8, 4) is 0 Å². The molecular weight excluding hydrogens is 258 g/mol. The average molecular weight is 274 g/mol. The Balaban J connectivity index is 2.95. The van der Waals surface area contributed by atoms with Crippen LogP contribution in [0.3, 0.4) is 0 Å². The number of anilines is 1. The molecule has 0 radical (unpaired) electrons. The molecule has 0 bridgehead atoms. The fraction of sp³-hybridized carbons (Fsp3) is 0.545. The summed E-state index contributed by atoms with van der Waals surface area (Å²) in [6.45, 7) is 6.05. The third-order valence-corrected chi connectivity index (χ3v) is 2.62. The summed E-state index contributed by atoms with van der Waals surface area (Å²) in [5, 5.41) is 11.2. The van der Waals surface area contributed by atoms with Gasteiger partial charge in [-0.3, -0.25) is 10.1 Å². The first-order valence-corrected chi connectivity index (χ1v) is 6.11. The lowest BCUT2D eigenvalue weighted by Crippen LogP contribution is -2.28. The number of likely N-dealkylation sites (N-methyl/N-ethyl adjacent to an activating group) is 1. The van der Waals surface area contributed by atoms with E-state index in [1.165, 1.54) is 12.1 Å². The van der Waals surface area contributed by atoms with E-state index in [-0.39, 0.29) is 16.7 Å². The summed E-state index contributed by atoms with van der Waals surface area (Å²) in [5.41, 5.74) is -0.0438. The van der Waals surface area contributed by atoms with Crippen molar-refractivity contribution in [2.24, 2.45) is 0 Å². The first-order valence-electron chi connectivity index (χ1n) is 5.73. The van der Waals surface area contributed by atoms with Gasteiger partial charge in [0.15, 0.2) is 0 Å². The zero-order valence-corrected chi connectivity index (χ0v) is 11.2. The van der Waals surface area contributed by atoms with Gasteiger partial charge in [-0.1, -0.05) is 11.6 Å². The molecule has 0 aliphatic heterocycles. The number of pyridine rings is 1. The molecule has 0 amide bonds. The number of nitro groups is 1. The van der Waals surface area contributed by atoms with Crippen LogP contribution in [0.25, 0.3) is 0 Å². The van der Waals surface area contributed by atoms with Crippen LogP contribution in [-0.4, -0.2) is 36.2 Å². The number of aromatic nitrogens is 1. The molecule has 0 saturated heterocycles. The molecule has 0 unspecified atom stereocenters. The molecule has 1 aromatic heterocycles. The molecule has 1 heterocycles. The van der Waals surface area contributed by atoms with Gasteiger partial charge in [-0.2, -0.15) is 0 Å². The average Bonchev–Trinajstić information content (AvgIpc) is 2.34. The maximum Gasteiger partial charge on any atom is 0.311 e. The minimum atomic E-state index is -0.456. The Bertz CT molecular complexity index is 415. The maximum atomic E-state index is 10.9. The van der Waals surface area contributed by atoms with Gasteiger partial charge in [-0.25, -0.2) is 4.98 Å². The molecule has 0 saturated carbocycles. The van der Waals surface area contributed by atoms with Gasteiger partial charge < -0.3 is 9.64 Å². The van der Waals surface area contributed by atoms with Crippen molar-refractivity contribution < 1.29 is 9.66 Å². The first-order chi connectivity index (χ1) is 8.60. The van der Waals surface area contributed by atoms with Crippen molar-refractivity contribution in [1.82, 2.24) is 4.98 Å². The van der Waals surface area contributed by atoms with Gasteiger partial charge in [0.05, 0.1) is 11.5 Å². The third-order valence-electron chi connectivity index (χ3n) is 2.41. The largest absolute Gasteiger partial charge is 0.380 e. The van der Waals surface area contributed by atoms with E-state index < -0.39 is 4.92 Å². The molecule has 18 heavy (non-hydrogen) atoms. The second-order valence-electron chi connectivity index (χ2n) is 3.51. The van der Waals surface area contributed by atoms with E-state index in [1.807, 2.05) is 13.8 Å². The molecule has 7 heteroatoms. The molecule has 0 N–H and O–H groups in total. The van der Waals surface area contributed by atoms with Crippen molar-refractivity contribution in [1.29, 1.82) is 0 Å². The van der Waals surface area contributed by atoms with Crippen molar-refractivity contribution in [2.75, 3.05) is 31.2 Å². The zero-order chi connectivity index (χ0) is 13.5. The van der Waals surface area contributed by atoms with Crippen LogP contribution in [0.4, 0.5) is 11.5 Å². The number of nitrogens with zero attached hydrogens (tertiary/aromatic N) is 3. The Morgan fingerprint density at radius 3 is 2.78 bits per heavy atom. The summed E-state index contributed by atoms with van der Waals surface area (Å²) < 4.78 is 5.25. The minimum Gasteiger partial charge on any atom is -0.380 e. The predicted molar refractivity (Wildman–Crippen MR) is 70.3 cm³/mol.